The Labute approximate surface area is 93.3 Å². The van der Waals surface area contributed by atoms with Gasteiger partial charge >= 0.3 is 5.97 Å². The van der Waals surface area contributed by atoms with E-state index < -0.39 is 5.97 Å². The molecule has 0 fully saturated rings. The summed E-state index contributed by atoms with van der Waals surface area (Å²) in [5.74, 6) is -0.740. The zero-order valence-electron chi connectivity index (χ0n) is 9.16. The Morgan fingerprint density at radius 2 is 2.31 bits per heavy atom. The maximum Gasteiger partial charge on any atom is 0.303 e. The monoisotopic (exact) mass is 218 g/mol. The summed E-state index contributed by atoms with van der Waals surface area (Å²) in [5, 5.41) is 16.9. The van der Waals surface area contributed by atoms with E-state index in [4.69, 9.17) is 5.11 Å². The first-order valence-corrected chi connectivity index (χ1v) is 5.33. The number of rotatable bonds is 4. The zero-order chi connectivity index (χ0) is 11.5. The summed E-state index contributed by atoms with van der Waals surface area (Å²) in [6.45, 7) is 1.98. The van der Waals surface area contributed by atoms with E-state index in [9.17, 15) is 4.79 Å². The summed E-state index contributed by atoms with van der Waals surface area (Å²) < 4.78 is 0. The molecule has 0 aliphatic carbocycles. The Morgan fingerprint density at radius 1 is 1.50 bits per heavy atom. The third-order valence-electron chi connectivity index (χ3n) is 2.68. The van der Waals surface area contributed by atoms with Crippen molar-refractivity contribution in [3.05, 3.63) is 29.5 Å². The number of carboxylic acids is 1. The van der Waals surface area contributed by atoms with Gasteiger partial charge in [-0.2, -0.15) is 5.10 Å². The number of aromatic nitrogens is 2. The highest BCUT2D eigenvalue weighted by Gasteiger charge is 2.07. The van der Waals surface area contributed by atoms with Gasteiger partial charge in [-0.25, -0.2) is 0 Å². The van der Waals surface area contributed by atoms with Gasteiger partial charge in [0.1, 0.15) is 0 Å². The van der Waals surface area contributed by atoms with Crippen molar-refractivity contribution in [1.82, 2.24) is 10.2 Å². The molecule has 0 spiro atoms. The van der Waals surface area contributed by atoms with Gasteiger partial charge in [0.2, 0.25) is 0 Å². The molecule has 0 saturated heterocycles. The van der Waals surface area contributed by atoms with E-state index in [0.717, 1.165) is 23.0 Å². The van der Waals surface area contributed by atoms with Crippen LogP contribution in [-0.2, 0) is 11.2 Å². The fourth-order valence-electron chi connectivity index (χ4n) is 1.95. The number of nitrogens with one attached hydrogen (secondary N) is 1. The molecule has 2 rings (SSSR count). The van der Waals surface area contributed by atoms with E-state index in [1.54, 1.807) is 0 Å². The summed E-state index contributed by atoms with van der Waals surface area (Å²) in [7, 11) is 0. The number of benzene rings is 1. The average molecular weight is 218 g/mol. The van der Waals surface area contributed by atoms with Gasteiger partial charge in [0, 0.05) is 17.5 Å². The van der Waals surface area contributed by atoms with Gasteiger partial charge < -0.3 is 5.11 Å². The predicted molar refractivity (Wildman–Crippen MR) is 61.4 cm³/mol. The minimum Gasteiger partial charge on any atom is -0.481 e. The molecule has 0 atom stereocenters. The number of nitrogens with zero attached hydrogens (tertiary/aromatic N) is 1. The molecule has 0 amide bonds. The predicted octanol–water partition coefficient (Wildman–Crippen LogP) is 2.28. The van der Waals surface area contributed by atoms with Crippen molar-refractivity contribution in [2.45, 2.75) is 26.2 Å². The molecule has 4 heteroatoms. The van der Waals surface area contributed by atoms with Crippen molar-refractivity contribution < 1.29 is 9.90 Å². The topological polar surface area (TPSA) is 66.0 Å². The lowest BCUT2D eigenvalue weighted by molar-refractivity contribution is -0.137. The van der Waals surface area contributed by atoms with Gasteiger partial charge in [0.25, 0.3) is 0 Å². The fraction of sp³-hybridized carbons (Fsp3) is 0.333. The van der Waals surface area contributed by atoms with Crippen LogP contribution in [0.3, 0.4) is 0 Å². The van der Waals surface area contributed by atoms with Gasteiger partial charge in [-0.05, 0) is 31.4 Å². The molecule has 4 nitrogen and oxygen atoms in total. The molecule has 0 saturated carbocycles. The normalized spacial score (nSPS) is 10.8. The molecular formula is C12H14N2O2. The van der Waals surface area contributed by atoms with Crippen LogP contribution in [0.25, 0.3) is 10.9 Å². The third kappa shape index (κ3) is 2.05. The van der Waals surface area contributed by atoms with Crippen LogP contribution in [0.4, 0.5) is 0 Å². The summed E-state index contributed by atoms with van der Waals surface area (Å²) >= 11 is 0. The van der Waals surface area contributed by atoms with E-state index in [1.807, 2.05) is 25.1 Å². The molecule has 1 aromatic heterocycles. The van der Waals surface area contributed by atoms with Crippen molar-refractivity contribution in [2.24, 2.45) is 0 Å². The summed E-state index contributed by atoms with van der Waals surface area (Å²) in [5.41, 5.74) is 3.16. The highest BCUT2D eigenvalue weighted by molar-refractivity contribution is 5.84. The van der Waals surface area contributed by atoms with Crippen molar-refractivity contribution in [2.75, 3.05) is 0 Å². The zero-order valence-corrected chi connectivity index (χ0v) is 9.16. The number of hydrogen-bond donors (Lipinski definition) is 2. The standard InChI is InChI=1S/C12H14N2O2/c1-8-12-9(5-3-7-11(15)16)4-2-6-10(12)14-13-8/h2,4,6H,3,5,7H2,1H3,(H,13,14)(H,15,16). The summed E-state index contributed by atoms with van der Waals surface area (Å²) in [6, 6.07) is 5.95. The molecule has 0 radical (unpaired) electrons. The Balaban J connectivity index is 2.23. The second-order valence-electron chi connectivity index (χ2n) is 3.91. The Hall–Kier alpha value is -1.84. The maximum absolute atomic E-state index is 10.5. The molecule has 0 aliphatic heterocycles. The van der Waals surface area contributed by atoms with Crippen LogP contribution < -0.4 is 0 Å². The minimum absolute atomic E-state index is 0.216. The number of H-pyrrole nitrogens is 1. The van der Waals surface area contributed by atoms with E-state index in [2.05, 4.69) is 10.2 Å². The lowest BCUT2D eigenvalue weighted by atomic mass is 10.0. The quantitative estimate of drug-likeness (QED) is 0.827. The fourth-order valence-corrected chi connectivity index (χ4v) is 1.95. The Bertz CT molecular complexity index is 517. The number of hydrogen-bond acceptors (Lipinski definition) is 2. The van der Waals surface area contributed by atoms with E-state index in [0.29, 0.717) is 6.42 Å². The van der Waals surface area contributed by atoms with Gasteiger partial charge in [-0.15, -0.1) is 0 Å². The smallest absolute Gasteiger partial charge is 0.303 e. The van der Waals surface area contributed by atoms with E-state index in [1.165, 1.54) is 5.56 Å². The number of aromatic amines is 1. The van der Waals surface area contributed by atoms with Crippen molar-refractivity contribution in [3.8, 4) is 0 Å². The van der Waals surface area contributed by atoms with Crippen LogP contribution in [0, 0.1) is 6.92 Å². The van der Waals surface area contributed by atoms with Gasteiger partial charge in [0.15, 0.2) is 0 Å². The van der Waals surface area contributed by atoms with Crippen LogP contribution in [0.1, 0.15) is 24.1 Å². The first-order valence-electron chi connectivity index (χ1n) is 5.33. The Morgan fingerprint density at radius 3 is 3.06 bits per heavy atom. The van der Waals surface area contributed by atoms with Crippen molar-refractivity contribution >= 4 is 16.9 Å². The highest BCUT2D eigenvalue weighted by Crippen LogP contribution is 2.21. The second kappa shape index (κ2) is 4.35. The SMILES string of the molecule is Cc1[nH]nc2cccc(CCCC(=O)O)c12. The average Bonchev–Trinajstić information content (AvgIpc) is 2.61. The van der Waals surface area contributed by atoms with Crippen LogP contribution in [-0.4, -0.2) is 21.3 Å². The molecule has 16 heavy (non-hydrogen) atoms. The maximum atomic E-state index is 10.5. The summed E-state index contributed by atoms with van der Waals surface area (Å²) in [6.07, 6.45) is 1.66. The summed E-state index contributed by atoms with van der Waals surface area (Å²) in [4.78, 5) is 10.5. The molecule has 84 valence electrons. The van der Waals surface area contributed by atoms with Gasteiger partial charge in [-0.3, -0.25) is 9.89 Å². The molecular weight excluding hydrogens is 204 g/mol. The first-order chi connectivity index (χ1) is 7.68. The van der Waals surface area contributed by atoms with Crippen molar-refractivity contribution in [1.29, 1.82) is 0 Å². The Kier molecular flexibility index (Phi) is 2.90. The molecule has 0 unspecified atom stereocenters. The minimum atomic E-state index is -0.740. The number of carbonyl (C=O) groups is 1. The van der Waals surface area contributed by atoms with Crippen LogP contribution in [0.5, 0.6) is 0 Å². The van der Waals surface area contributed by atoms with Gasteiger partial charge in [-0.1, -0.05) is 12.1 Å². The molecule has 2 N–H and O–H groups in total. The highest BCUT2D eigenvalue weighted by atomic mass is 16.4. The van der Waals surface area contributed by atoms with Crippen LogP contribution in [0.2, 0.25) is 0 Å². The number of fused-ring (bicyclic) bond motifs is 1. The molecule has 2 aromatic rings. The lowest BCUT2D eigenvalue weighted by Gasteiger charge is -2.02. The molecule has 0 aliphatic rings. The molecule has 1 heterocycles. The number of carboxylic acid groups (broad SMARTS) is 1. The van der Waals surface area contributed by atoms with Crippen LogP contribution >= 0.6 is 0 Å². The third-order valence-corrected chi connectivity index (χ3v) is 2.68. The first kappa shape index (κ1) is 10.7. The lowest BCUT2D eigenvalue weighted by Crippen LogP contribution is -1.96. The van der Waals surface area contributed by atoms with E-state index in [-0.39, 0.29) is 6.42 Å². The second-order valence-corrected chi connectivity index (χ2v) is 3.91. The molecule has 0 bridgehead atoms. The van der Waals surface area contributed by atoms with Gasteiger partial charge in [0.05, 0.1) is 5.52 Å². The van der Waals surface area contributed by atoms with Crippen molar-refractivity contribution in [3.63, 3.8) is 0 Å². The molecule has 1 aromatic carbocycles. The van der Waals surface area contributed by atoms with E-state index >= 15 is 0 Å². The van der Waals surface area contributed by atoms with Crippen LogP contribution in [0.15, 0.2) is 18.2 Å². The number of aliphatic carboxylic acids is 1. The largest absolute Gasteiger partial charge is 0.481 e. The number of aryl methyl sites for hydroxylation is 2.